The lowest BCUT2D eigenvalue weighted by Gasteiger charge is -2.23. The fourth-order valence-corrected chi connectivity index (χ4v) is 3.61. The molecule has 1 saturated heterocycles. The Labute approximate surface area is 171 Å². The van der Waals surface area contributed by atoms with Crippen LogP contribution >= 0.6 is 0 Å². The van der Waals surface area contributed by atoms with Crippen LogP contribution in [-0.4, -0.2) is 60.1 Å². The molecule has 1 aromatic carbocycles. The van der Waals surface area contributed by atoms with Crippen LogP contribution in [0.3, 0.4) is 0 Å². The van der Waals surface area contributed by atoms with Gasteiger partial charge in [0, 0.05) is 37.2 Å². The Morgan fingerprint density at radius 2 is 1.86 bits per heavy atom. The Morgan fingerprint density at radius 3 is 2.62 bits per heavy atom. The van der Waals surface area contributed by atoms with E-state index in [2.05, 4.69) is 30.7 Å². The number of nitrogens with zero attached hydrogens (tertiary/aromatic N) is 3. The number of rotatable bonds is 3. The SMILES string of the molecule is CC(C)(C)c1cnc(CN2CCCN(C(=O)c3ccc4c(c3)OCCO4)CC2)o1. The number of amides is 1. The van der Waals surface area contributed by atoms with Crippen LogP contribution < -0.4 is 9.47 Å². The second kappa shape index (κ2) is 8.06. The van der Waals surface area contributed by atoms with Crippen molar-refractivity contribution < 1.29 is 18.7 Å². The second-order valence-corrected chi connectivity index (χ2v) is 8.65. The molecule has 0 aliphatic carbocycles. The fraction of sp³-hybridized carbons (Fsp3) is 0.545. The summed E-state index contributed by atoms with van der Waals surface area (Å²) in [7, 11) is 0. The normalized spacial score (nSPS) is 17.8. The first-order chi connectivity index (χ1) is 13.9. The van der Waals surface area contributed by atoms with Gasteiger partial charge in [0.2, 0.25) is 5.89 Å². The number of benzene rings is 1. The maximum Gasteiger partial charge on any atom is 0.254 e. The van der Waals surface area contributed by atoms with Crippen molar-refractivity contribution in [1.29, 1.82) is 0 Å². The Bertz CT molecular complexity index is 871. The van der Waals surface area contributed by atoms with Crippen LogP contribution in [0.25, 0.3) is 0 Å². The highest BCUT2D eigenvalue weighted by Gasteiger charge is 2.24. The van der Waals surface area contributed by atoms with E-state index in [9.17, 15) is 4.79 Å². The van der Waals surface area contributed by atoms with Crippen molar-refractivity contribution in [3.05, 3.63) is 41.6 Å². The number of carbonyl (C=O) groups is 1. The van der Waals surface area contributed by atoms with Crippen LogP contribution in [0.4, 0.5) is 0 Å². The molecule has 2 aliphatic heterocycles. The summed E-state index contributed by atoms with van der Waals surface area (Å²) in [5.41, 5.74) is 0.599. The summed E-state index contributed by atoms with van der Waals surface area (Å²) < 4.78 is 17.1. The van der Waals surface area contributed by atoms with Gasteiger partial charge in [-0.05, 0) is 24.6 Å². The number of fused-ring (bicyclic) bond motifs is 1. The lowest BCUT2D eigenvalue weighted by molar-refractivity contribution is 0.0759. The van der Waals surface area contributed by atoms with Crippen molar-refractivity contribution in [2.45, 2.75) is 39.2 Å². The molecular formula is C22H29N3O4. The van der Waals surface area contributed by atoms with Gasteiger partial charge in [-0.2, -0.15) is 0 Å². The maximum absolute atomic E-state index is 13.0. The predicted molar refractivity (Wildman–Crippen MR) is 108 cm³/mol. The molecule has 2 aliphatic rings. The van der Waals surface area contributed by atoms with E-state index in [4.69, 9.17) is 13.9 Å². The molecule has 7 nitrogen and oxygen atoms in total. The van der Waals surface area contributed by atoms with Gasteiger partial charge < -0.3 is 18.8 Å². The highest BCUT2D eigenvalue weighted by atomic mass is 16.6. The van der Waals surface area contributed by atoms with Crippen molar-refractivity contribution in [3.8, 4) is 11.5 Å². The summed E-state index contributed by atoms with van der Waals surface area (Å²) in [4.78, 5) is 21.7. The van der Waals surface area contributed by atoms with E-state index in [1.54, 1.807) is 6.07 Å². The zero-order valence-electron chi connectivity index (χ0n) is 17.4. The number of hydrogen-bond donors (Lipinski definition) is 0. The Morgan fingerprint density at radius 1 is 1.07 bits per heavy atom. The number of hydrogen-bond acceptors (Lipinski definition) is 6. The third-order valence-corrected chi connectivity index (χ3v) is 5.32. The summed E-state index contributed by atoms with van der Waals surface area (Å²) in [6, 6.07) is 5.43. The van der Waals surface area contributed by atoms with E-state index in [0.717, 1.165) is 37.7 Å². The topological polar surface area (TPSA) is 68.0 Å². The molecular weight excluding hydrogens is 370 g/mol. The second-order valence-electron chi connectivity index (χ2n) is 8.65. The van der Waals surface area contributed by atoms with Gasteiger partial charge in [0.1, 0.15) is 19.0 Å². The number of oxazole rings is 1. The van der Waals surface area contributed by atoms with Crippen LogP contribution in [0.5, 0.6) is 11.5 Å². The fourth-order valence-electron chi connectivity index (χ4n) is 3.61. The van der Waals surface area contributed by atoms with Crippen LogP contribution in [-0.2, 0) is 12.0 Å². The molecule has 0 spiro atoms. The Hall–Kier alpha value is -2.54. The minimum Gasteiger partial charge on any atom is -0.486 e. The first-order valence-corrected chi connectivity index (χ1v) is 10.3. The largest absolute Gasteiger partial charge is 0.486 e. The van der Waals surface area contributed by atoms with Crippen molar-refractivity contribution in [3.63, 3.8) is 0 Å². The van der Waals surface area contributed by atoms with Crippen LogP contribution in [0, 0.1) is 0 Å². The average Bonchev–Trinajstić information content (AvgIpc) is 3.06. The smallest absolute Gasteiger partial charge is 0.254 e. The highest BCUT2D eigenvalue weighted by Crippen LogP contribution is 2.31. The van der Waals surface area contributed by atoms with Crippen molar-refractivity contribution in [2.24, 2.45) is 0 Å². The minimum absolute atomic E-state index is 0.0370. The predicted octanol–water partition coefficient (Wildman–Crippen LogP) is 3.09. The van der Waals surface area contributed by atoms with Crippen molar-refractivity contribution in [1.82, 2.24) is 14.8 Å². The molecule has 0 radical (unpaired) electrons. The first-order valence-electron chi connectivity index (χ1n) is 10.3. The van der Waals surface area contributed by atoms with Gasteiger partial charge in [-0.1, -0.05) is 20.8 Å². The molecule has 2 aromatic rings. The van der Waals surface area contributed by atoms with E-state index in [-0.39, 0.29) is 11.3 Å². The zero-order chi connectivity index (χ0) is 20.4. The summed E-state index contributed by atoms with van der Waals surface area (Å²) in [5.74, 6) is 3.03. The summed E-state index contributed by atoms with van der Waals surface area (Å²) in [5, 5.41) is 0. The third-order valence-electron chi connectivity index (χ3n) is 5.32. The minimum atomic E-state index is -0.0448. The van der Waals surface area contributed by atoms with Crippen molar-refractivity contribution in [2.75, 3.05) is 39.4 Å². The molecule has 0 N–H and O–H groups in total. The van der Waals surface area contributed by atoms with Gasteiger partial charge in [-0.3, -0.25) is 9.69 Å². The number of aromatic nitrogens is 1. The van der Waals surface area contributed by atoms with Gasteiger partial charge in [-0.25, -0.2) is 4.98 Å². The van der Waals surface area contributed by atoms with Crippen LogP contribution in [0.2, 0.25) is 0 Å². The first kappa shape index (κ1) is 19.8. The lowest BCUT2D eigenvalue weighted by Crippen LogP contribution is -2.35. The molecule has 0 saturated carbocycles. The monoisotopic (exact) mass is 399 g/mol. The highest BCUT2D eigenvalue weighted by molar-refractivity contribution is 5.95. The van der Waals surface area contributed by atoms with Gasteiger partial charge in [0.05, 0.1) is 12.7 Å². The van der Waals surface area contributed by atoms with Crippen LogP contribution in [0.15, 0.2) is 28.8 Å². The summed E-state index contributed by atoms with van der Waals surface area (Å²) in [6.45, 7) is 11.2. The van der Waals surface area contributed by atoms with E-state index < -0.39 is 0 Å². The molecule has 29 heavy (non-hydrogen) atoms. The number of carbonyl (C=O) groups excluding carboxylic acids is 1. The van der Waals surface area contributed by atoms with E-state index in [1.165, 1.54) is 0 Å². The van der Waals surface area contributed by atoms with Crippen molar-refractivity contribution >= 4 is 5.91 Å². The molecule has 1 amide bonds. The molecule has 0 bridgehead atoms. The molecule has 7 heteroatoms. The molecule has 156 valence electrons. The van der Waals surface area contributed by atoms with Gasteiger partial charge in [0.25, 0.3) is 5.91 Å². The molecule has 0 unspecified atom stereocenters. The summed E-state index contributed by atoms with van der Waals surface area (Å²) >= 11 is 0. The zero-order valence-corrected chi connectivity index (χ0v) is 17.4. The van der Waals surface area contributed by atoms with E-state index in [0.29, 0.717) is 43.4 Å². The molecule has 1 fully saturated rings. The number of ether oxygens (including phenoxy) is 2. The van der Waals surface area contributed by atoms with Crippen LogP contribution in [0.1, 0.15) is 49.2 Å². The van der Waals surface area contributed by atoms with Gasteiger partial charge in [-0.15, -0.1) is 0 Å². The Balaban J connectivity index is 1.37. The standard InChI is InChI=1S/C22H29N3O4/c1-22(2,3)19-14-23-20(29-19)15-24-7-4-8-25(10-9-24)21(26)16-5-6-17-18(13-16)28-12-11-27-17/h5-6,13-14H,4,7-12,15H2,1-3H3. The van der Waals surface area contributed by atoms with Gasteiger partial charge in [0.15, 0.2) is 11.5 Å². The van der Waals surface area contributed by atoms with E-state index >= 15 is 0 Å². The van der Waals surface area contributed by atoms with E-state index in [1.807, 2.05) is 23.2 Å². The molecule has 0 atom stereocenters. The maximum atomic E-state index is 13.0. The molecule has 4 rings (SSSR count). The summed E-state index contributed by atoms with van der Waals surface area (Å²) in [6.07, 6.45) is 2.74. The Kier molecular flexibility index (Phi) is 5.50. The van der Waals surface area contributed by atoms with Gasteiger partial charge >= 0.3 is 0 Å². The molecule has 1 aromatic heterocycles. The lowest BCUT2D eigenvalue weighted by atomic mass is 9.94. The third kappa shape index (κ3) is 4.56. The quantitative estimate of drug-likeness (QED) is 0.790. The molecule has 3 heterocycles. The average molecular weight is 399 g/mol.